The molecule has 4 rings (SSSR count). The maximum Gasteiger partial charge on any atom is 0.326 e. The van der Waals surface area contributed by atoms with Crippen LogP contribution >= 0.6 is 0 Å². The van der Waals surface area contributed by atoms with E-state index in [4.69, 9.17) is 14.2 Å². The third kappa shape index (κ3) is 3.51. The predicted molar refractivity (Wildman–Crippen MR) is 94.3 cm³/mol. The summed E-state index contributed by atoms with van der Waals surface area (Å²) in [7, 11) is 0. The molecule has 1 N–H and O–H groups in total. The maximum absolute atomic E-state index is 12.4. The minimum Gasteiger partial charge on any atom is -0.454 e. The fourth-order valence-electron chi connectivity index (χ4n) is 3.88. The Morgan fingerprint density at radius 3 is 2.46 bits per heavy atom. The lowest BCUT2D eigenvalue weighted by Crippen LogP contribution is -2.37. The molecule has 1 saturated carbocycles. The number of esters is 1. The van der Waals surface area contributed by atoms with Gasteiger partial charge in [0, 0.05) is 11.8 Å². The lowest BCUT2D eigenvalue weighted by molar-refractivity contribution is -0.154. The van der Waals surface area contributed by atoms with Gasteiger partial charge in [-0.25, -0.2) is 0 Å². The van der Waals surface area contributed by atoms with Gasteiger partial charge in [0.05, 0.1) is 11.8 Å². The van der Waals surface area contributed by atoms with Crippen LogP contribution in [0, 0.1) is 11.8 Å². The number of rotatable bonds is 5. The first-order chi connectivity index (χ1) is 13.5. The van der Waals surface area contributed by atoms with Crippen LogP contribution in [-0.2, 0) is 23.9 Å². The topological polar surface area (TPSA) is 111 Å². The molecule has 0 aromatic heterocycles. The number of carbonyl (C=O) groups excluding carboxylic acids is 4. The number of hydrogen-bond acceptors (Lipinski definition) is 7. The summed E-state index contributed by atoms with van der Waals surface area (Å²) in [6.07, 6.45) is 3.19. The van der Waals surface area contributed by atoms with Gasteiger partial charge in [0.1, 0.15) is 6.54 Å². The van der Waals surface area contributed by atoms with Crippen molar-refractivity contribution in [3.63, 3.8) is 0 Å². The number of benzene rings is 1. The summed E-state index contributed by atoms with van der Waals surface area (Å²) < 4.78 is 15.3. The van der Waals surface area contributed by atoms with Crippen LogP contribution < -0.4 is 14.8 Å². The molecule has 0 unspecified atom stereocenters. The largest absolute Gasteiger partial charge is 0.454 e. The van der Waals surface area contributed by atoms with Gasteiger partial charge in [-0.1, -0.05) is 12.8 Å². The molecule has 2 aliphatic heterocycles. The summed E-state index contributed by atoms with van der Waals surface area (Å²) in [6.45, 7) is -0.849. The monoisotopic (exact) mass is 388 g/mol. The van der Waals surface area contributed by atoms with Gasteiger partial charge in [-0.3, -0.25) is 24.1 Å². The van der Waals surface area contributed by atoms with E-state index in [1.165, 1.54) is 0 Å². The third-order valence-corrected chi connectivity index (χ3v) is 5.24. The standard InChI is InChI=1S/C19H20N2O7/c22-16(20-11-5-6-14-15(7-11)28-10-27-14)9-26-17(23)8-21-18(24)12-3-1-2-4-13(12)19(21)25/h5-7,12-13H,1-4,8-10H2,(H,20,22)/t12-,13-/m1/s1. The molecule has 9 nitrogen and oxygen atoms in total. The highest BCUT2D eigenvalue weighted by atomic mass is 16.7. The van der Waals surface area contributed by atoms with Crippen molar-refractivity contribution in [3.05, 3.63) is 18.2 Å². The van der Waals surface area contributed by atoms with Crippen LogP contribution in [0.3, 0.4) is 0 Å². The molecule has 1 aliphatic carbocycles. The molecule has 2 heterocycles. The van der Waals surface area contributed by atoms with E-state index < -0.39 is 25.0 Å². The van der Waals surface area contributed by atoms with E-state index in [1.54, 1.807) is 18.2 Å². The Balaban J connectivity index is 1.27. The Morgan fingerprint density at radius 2 is 1.75 bits per heavy atom. The molecule has 2 fully saturated rings. The Kier molecular flexibility index (Phi) is 4.89. The zero-order chi connectivity index (χ0) is 19.7. The molecule has 1 aromatic carbocycles. The number of hydrogen-bond donors (Lipinski definition) is 1. The zero-order valence-corrected chi connectivity index (χ0v) is 15.1. The summed E-state index contributed by atoms with van der Waals surface area (Å²) in [4.78, 5) is 49.7. The van der Waals surface area contributed by atoms with Crippen molar-refractivity contribution in [1.29, 1.82) is 0 Å². The van der Waals surface area contributed by atoms with Crippen molar-refractivity contribution in [2.75, 3.05) is 25.3 Å². The van der Waals surface area contributed by atoms with Gasteiger partial charge in [0.15, 0.2) is 18.1 Å². The molecule has 3 amide bonds. The van der Waals surface area contributed by atoms with Crippen LogP contribution in [0.5, 0.6) is 11.5 Å². The van der Waals surface area contributed by atoms with Crippen LogP contribution in [-0.4, -0.2) is 48.5 Å². The number of carbonyl (C=O) groups is 4. The van der Waals surface area contributed by atoms with E-state index in [9.17, 15) is 19.2 Å². The lowest BCUT2D eigenvalue weighted by atomic mass is 9.81. The smallest absolute Gasteiger partial charge is 0.326 e. The van der Waals surface area contributed by atoms with Crippen molar-refractivity contribution in [2.24, 2.45) is 11.8 Å². The Labute approximate surface area is 160 Å². The van der Waals surface area contributed by atoms with E-state index in [0.717, 1.165) is 17.7 Å². The van der Waals surface area contributed by atoms with E-state index in [2.05, 4.69) is 5.32 Å². The highest BCUT2D eigenvalue weighted by Crippen LogP contribution is 2.38. The molecule has 1 aromatic rings. The molecule has 2 atom stereocenters. The van der Waals surface area contributed by atoms with Gasteiger partial charge in [-0.2, -0.15) is 0 Å². The van der Waals surface area contributed by atoms with E-state index in [-0.39, 0.29) is 30.4 Å². The van der Waals surface area contributed by atoms with Crippen molar-refractivity contribution in [2.45, 2.75) is 25.7 Å². The quantitative estimate of drug-likeness (QED) is 0.593. The molecule has 0 bridgehead atoms. The highest BCUT2D eigenvalue weighted by Gasteiger charge is 2.48. The van der Waals surface area contributed by atoms with Crippen LogP contribution in [0.15, 0.2) is 18.2 Å². The second kappa shape index (κ2) is 7.49. The molecule has 0 radical (unpaired) electrons. The Morgan fingerprint density at radius 1 is 1.07 bits per heavy atom. The third-order valence-electron chi connectivity index (χ3n) is 5.24. The average molecular weight is 388 g/mol. The SMILES string of the molecule is O=C(COC(=O)CN1C(=O)[C@@H]2CCCC[C@H]2C1=O)Nc1ccc2c(c1)OCO2. The highest BCUT2D eigenvalue weighted by molar-refractivity contribution is 6.07. The first kappa shape index (κ1) is 18.3. The van der Waals surface area contributed by atoms with Gasteiger partial charge in [0.25, 0.3) is 5.91 Å². The zero-order valence-electron chi connectivity index (χ0n) is 15.1. The minimum atomic E-state index is -0.791. The predicted octanol–water partition coefficient (Wildman–Crippen LogP) is 1.07. The molecule has 28 heavy (non-hydrogen) atoms. The number of anilines is 1. The van der Waals surface area contributed by atoms with Crippen LogP contribution in [0.1, 0.15) is 25.7 Å². The number of nitrogens with one attached hydrogen (secondary N) is 1. The van der Waals surface area contributed by atoms with Crippen molar-refractivity contribution >= 4 is 29.4 Å². The van der Waals surface area contributed by atoms with Gasteiger partial charge in [-0.15, -0.1) is 0 Å². The number of likely N-dealkylation sites (tertiary alicyclic amines) is 1. The first-order valence-electron chi connectivity index (χ1n) is 9.23. The first-order valence-corrected chi connectivity index (χ1v) is 9.23. The van der Waals surface area contributed by atoms with Crippen LogP contribution in [0.25, 0.3) is 0 Å². The average Bonchev–Trinajstić information content (AvgIpc) is 3.25. The molecule has 9 heteroatoms. The lowest BCUT2D eigenvalue weighted by Gasteiger charge is -2.19. The van der Waals surface area contributed by atoms with Crippen molar-refractivity contribution < 1.29 is 33.4 Å². The summed E-state index contributed by atoms with van der Waals surface area (Å²) in [5.74, 6) is -1.48. The second-order valence-corrected chi connectivity index (χ2v) is 7.04. The minimum absolute atomic E-state index is 0.125. The Hall–Kier alpha value is -3.10. The summed E-state index contributed by atoms with van der Waals surface area (Å²) in [5, 5.41) is 2.58. The second-order valence-electron chi connectivity index (χ2n) is 7.04. The molecule has 1 saturated heterocycles. The number of amides is 3. The van der Waals surface area contributed by atoms with Gasteiger partial charge in [-0.05, 0) is 25.0 Å². The van der Waals surface area contributed by atoms with E-state index in [0.29, 0.717) is 30.0 Å². The molecule has 148 valence electrons. The fraction of sp³-hybridized carbons (Fsp3) is 0.474. The normalized spacial score (nSPS) is 22.8. The van der Waals surface area contributed by atoms with Crippen LogP contribution in [0.2, 0.25) is 0 Å². The number of ether oxygens (including phenoxy) is 3. The molecule has 0 spiro atoms. The number of nitrogens with zero attached hydrogens (tertiary/aromatic N) is 1. The van der Waals surface area contributed by atoms with Crippen molar-refractivity contribution in [3.8, 4) is 11.5 Å². The van der Waals surface area contributed by atoms with E-state index in [1.807, 2.05) is 0 Å². The Bertz CT molecular complexity index is 814. The van der Waals surface area contributed by atoms with Crippen LogP contribution in [0.4, 0.5) is 5.69 Å². The summed E-state index contributed by atoms with van der Waals surface area (Å²) >= 11 is 0. The summed E-state index contributed by atoms with van der Waals surface area (Å²) in [5.41, 5.74) is 0.472. The summed E-state index contributed by atoms with van der Waals surface area (Å²) in [6, 6.07) is 4.90. The van der Waals surface area contributed by atoms with Gasteiger partial charge in [0.2, 0.25) is 18.6 Å². The number of fused-ring (bicyclic) bond motifs is 2. The number of imide groups is 1. The van der Waals surface area contributed by atoms with E-state index >= 15 is 0 Å². The molecular weight excluding hydrogens is 368 g/mol. The molecular formula is C19H20N2O7. The van der Waals surface area contributed by atoms with Crippen molar-refractivity contribution in [1.82, 2.24) is 4.90 Å². The van der Waals surface area contributed by atoms with Gasteiger partial charge >= 0.3 is 5.97 Å². The fourth-order valence-corrected chi connectivity index (χ4v) is 3.88. The van der Waals surface area contributed by atoms with Gasteiger partial charge < -0.3 is 19.5 Å². The molecule has 3 aliphatic rings. The maximum atomic E-state index is 12.4.